The molecule has 0 radical (unpaired) electrons. The van der Waals surface area contributed by atoms with E-state index in [2.05, 4.69) is 10.1 Å². The van der Waals surface area contributed by atoms with Gasteiger partial charge in [0, 0.05) is 0 Å². The molecule has 2 aromatic rings. The molecule has 0 aliphatic heterocycles. The fraction of sp³-hybridized carbons (Fsp3) is 0.250. The van der Waals surface area contributed by atoms with E-state index in [4.69, 9.17) is 15.6 Å². The van der Waals surface area contributed by atoms with Gasteiger partial charge in [-0.2, -0.15) is 0 Å². The number of esters is 1. The lowest BCUT2D eigenvalue weighted by molar-refractivity contribution is -0.145. The summed E-state index contributed by atoms with van der Waals surface area (Å²) in [7, 11) is 0. The van der Waals surface area contributed by atoms with Crippen LogP contribution in [0.2, 0.25) is 0 Å². The Hall–Kier alpha value is -2.41. The highest BCUT2D eigenvalue weighted by Crippen LogP contribution is 2.06. The van der Waals surface area contributed by atoms with Crippen molar-refractivity contribution in [2.45, 2.75) is 19.8 Å². The number of ether oxygens (including phenoxy) is 1. The van der Waals surface area contributed by atoms with Crippen LogP contribution in [0.5, 0.6) is 0 Å². The van der Waals surface area contributed by atoms with E-state index in [1.807, 2.05) is 0 Å². The number of hydrogen-bond donors (Lipinski definition) is 2. The second kappa shape index (κ2) is 5.96. The molecule has 0 amide bonds. The van der Waals surface area contributed by atoms with Crippen molar-refractivity contribution in [3.63, 3.8) is 0 Å². The molecule has 1 heterocycles. The molecule has 0 saturated carbocycles. The molecular weight excluding hydrogens is 248 g/mol. The third-order valence-corrected chi connectivity index (χ3v) is 2.45. The van der Waals surface area contributed by atoms with Crippen LogP contribution in [0.3, 0.4) is 0 Å². The summed E-state index contributed by atoms with van der Waals surface area (Å²) in [6, 6.07) is 7.15. The maximum absolute atomic E-state index is 11.5. The minimum atomic E-state index is -0.420. The maximum atomic E-state index is 11.5. The van der Waals surface area contributed by atoms with Crippen LogP contribution in [-0.4, -0.2) is 25.8 Å². The molecule has 3 N–H and O–H groups in total. The molecule has 0 atom stereocenters. The second-order valence-electron chi connectivity index (χ2n) is 3.94. The van der Waals surface area contributed by atoms with Crippen molar-refractivity contribution >= 4 is 11.9 Å². The number of aliphatic hydroxyl groups excluding tert-OH is 1. The number of carbonyl (C=O) groups excluding carboxylic acids is 1. The summed E-state index contributed by atoms with van der Waals surface area (Å²) in [5.41, 5.74) is 6.99. The molecule has 7 heteroatoms. The lowest BCUT2D eigenvalue weighted by Crippen LogP contribution is -2.14. The van der Waals surface area contributed by atoms with Crippen LogP contribution in [0.4, 0.5) is 5.95 Å². The molecule has 1 aromatic carbocycles. The molecule has 2 rings (SSSR count). The highest BCUT2D eigenvalue weighted by Gasteiger charge is 2.06. The minimum absolute atomic E-state index is 0.00616. The number of hydrogen-bond acceptors (Lipinski definition) is 6. The predicted octanol–water partition coefficient (Wildman–Crippen LogP) is 0.0960. The zero-order valence-electron chi connectivity index (χ0n) is 10.2. The van der Waals surface area contributed by atoms with E-state index in [1.54, 1.807) is 24.3 Å². The minimum Gasteiger partial charge on any atom is -0.459 e. The van der Waals surface area contributed by atoms with Crippen molar-refractivity contribution < 1.29 is 14.6 Å². The van der Waals surface area contributed by atoms with Crippen LogP contribution in [0, 0.1) is 0 Å². The van der Waals surface area contributed by atoms with Crippen molar-refractivity contribution in [1.29, 1.82) is 0 Å². The number of aromatic nitrogens is 3. The van der Waals surface area contributed by atoms with Gasteiger partial charge in [0.2, 0.25) is 5.95 Å². The molecule has 0 fully saturated rings. The molecular formula is C12H14N4O3. The van der Waals surface area contributed by atoms with Gasteiger partial charge in [-0.3, -0.25) is 4.79 Å². The summed E-state index contributed by atoms with van der Waals surface area (Å²) in [5, 5.41) is 12.7. The number of anilines is 1. The Labute approximate surface area is 109 Å². The van der Waals surface area contributed by atoms with E-state index in [0.29, 0.717) is 0 Å². The van der Waals surface area contributed by atoms with E-state index in [-0.39, 0.29) is 25.7 Å². The molecule has 0 unspecified atom stereocenters. The third kappa shape index (κ3) is 3.78. The fourth-order valence-corrected chi connectivity index (χ4v) is 1.47. The number of carbonyl (C=O) groups is 1. The number of nitrogens with two attached hydrogens (primary N) is 1. The number of rotatable bonds is 5. The Morgan fingerprint density at radius 3 is 2.58 bits per heavy atom. The van der Waals surface area contributed by atoms with Crippen molar-refractivity contribution in [1.82, 2.24) is 14.8 Å². The molecule has 19 heavy (non-hydrogen) atoms. The first-order valence-corrected chi connectivity index (χ1v) is 5.66. The number of benzene rings is 1. The third-order valence-electron chi connectivity index (χ3n) is 2.45. The van der Waals surface area contributed by atoms with Gasteiger partial charge in [0.05, 0.1) is 6.61 Å². The fourth-order valence-electron chi connectivity index (χ4n) is 1.47. The highest BCUT2D eigenvalue weighted by atomic mass is 16.5. The summed E-state index contributed by atoms with van der Waals surface area (Å²) in [6.07, 6.45) is 1.37. The van der Waals surface area contributed by atoms with E-state index in [0.717, 1.165) is 11.1 Å². The standard InChI is InChI=1S/C12H14N4O3/c13-12-14-8-16(15-12)5-11(18)19-7-10-3-1-9(6-17)2-4-10/h1-4,8,17H,5-7H2,(H2,13,15). The Kier molecular flexibility index (Phi) is 4.09. The van der Waals surface area contributed by atoms with Gasteiger partial charge in [0.1, 0.15) is 19.5 Å². The molecule has 0 aliphatic carbocycles. The number of nitrogens with zero attached hydrogens (tertiary/aromatic N) is 3. The lowest BCUT2D eigenvalue weighted by atomic mass is 10.1. The van der Waals surface area contributed by atoms with Gasteiger partial charge in [0.15, 0.2) is 0 Å². The van der Waals surface area contributed by atoms with Gasteiger partial charge < -0.3 is 15.6 Å². The predicted molar refractivity (Wildman–Crippen MR) is 66.6 cm³/mol. The van der Waals surface area contributed by atoms with Crippen LogP contribution in [0.25, 0.3) is 0 Å². The zero-order valence-corrected chi connectivity index (χ0v) is 10.2. The van der Waals surface area contributed by atoms with Gasteiger partial charge in [-0.05, 0) is 11.1 Å². The van der Waals surface area contributed by atoms with Gasteiger partial charge in [0.25, 0.3) is 0 Å². The Balaban J connectivity index is 1.82. The topological polar surface area (TPSA) is 103 Å². The zero-order chi connectivity index (χ0) is 13.7. The van der Waals surface area contributed by atoms with Crippen molar-refractivity contribution in [3.8, 4) is 0 Å². The first-order chi connectivity index (χ1) is 9.17. The quantitative estimate of drug-likeness (QED) is 0.740. The number of aliphatic hydroxyl groups is 1. The largest absolute Gasteiger partial charge is 0.459 e. The van der Waals surface area contributed by atoms with E-state index in [9.17, 15) is 4.79 Å². The Morgan fingerprint density at radius 2 is 2.00 bits per heavy atom. The van der Waals surface area contributed by atoms with Crippen LogP contribution >= 0.6 is 0 Å². The molecule has 100 valence electrons. The van der Waals surface area contributed by atoms with Gasteiger partial charge in [-0.25, -0.2) is 9.67 Å². The second-order valence-corrected chi connectivity index (χ2v) is 3.94. The average molecular weight is 262 g/mol. The van der Waals surface area contributed by atoms with Crippen LogP contribution in [0.1, 0.15) is 11.1 Å². The lowest BCUT2D eigenvalue weighted by Gasteiger charge is -2.05. The molecule has 0 bridgehead atoms. The van der Waals surface area contributed by atoms with Gasteiger partial charge >= 0.3 is 5.97 Å². The Bertz CT molecular complexity index is 550. The van der Waals surface area contributed by atoms with Crippen molar-refractivity contribution in [2.75, 3.05) is 5.73 Å². The van der Waals surface area contributed by atoms with E-state index >= 15 is 0 Å². The number of nitrogen functional groups attached to an aromatic ring is 1. The monoisotopic (exact) mass is 262 g/mol. The average Bonchev–Trinajstić information content (AvgIpc) is 2.82. The smallest absolute Gasteiger partial charge is 0.328 e. The van der Waals surface area contributed by atoms with Crippen molar-refractivity contribution in [2.24, 2.45) is 0 Å². The van der Waals surface area contributed by atoms with Crippen molar-refractivity contribution in [3.05, 3.63) is 41.7 Å². The van der Waals surface area contributed by atoms with Crippen LogP contribution in [0.15, 0.2) is 30.6 Å². The molecule has 0 saturated heterocycles. The molecule has 7 nitrogen and oxygen atoms in total. The molecule has 0 aliphatic rings. The SMILES string of the molecule is Nc1ncn(CC(=O)OCc2ccc(CO)cc2)n1. The summed E-state index contributed by atoms with van der Waals surface area (Å²) in [6.45, 7) is 0.140. The molecule has 1 aromatic heterocycles. The van der Waals surface area contributed by atoms with Crippen LogP contribution < -0.4 is 5.73 Å². The van der Waals surface area contributed by atoms with Gasteiger partial charge in [-0.15, -0.1) is 5.10 Å². The summed E-state index contributed by atoms with van der Waals surface area (Å²) >= 11 is 0. The van der Waals surface area contributed by atoms with E-state index in [1.165, 1.54) is 11.0 Å². The van der Waals surface area contributed by atoms with Crippen LogP contribution in [-0.2, 0) is 29.3 Å². The highest BCUT2D eigenvalue weighted by molar-refractivity contribution is 5.69. The maximum Gasteiger partial charge on any atom is 0.328 e. The molecule has 0 spiro atoms. The van der Waals surface area contributed by atoms with Gasteiger partial charge in [-0.1, -0.05) is 24.3 Å². The van der Waals surface area contributed by atoms with E-state index < -0.39 is 5.97 Å². The summed E-state index contributed by atoms with van der Waals surface area (Å²) in [5.74, 6) is -0.302. The summed E-state index contributed by atoms with van der Waals surface area (Å²) < 4.78 is 6.40. The Morgan fingerprint density at radius 1 is 1.32 bits per heavy atom. The first kappa shape index (κ1) is 13.0. The first-order valence-electron chi connectivity index (χ1n) is 5.66. The normalized spacial score (nSPS) is 10.4. The summed E-state index contributed by atoms with van der Waals surface area (Å²) in [4.78, 5) is 15.2.